The monoisotopic (exact) mass is 294 g/mol. The van der Waals surface area contributed by atoms with Crippen molar-refractivity contribution in [2.45, 2.75) is 13.3 Å². The molecule has 0 saturated carbocycles. The number of carboxylic acid groups (broad SMARTS) is 1. The van der Waals surface area contributed by atoms with Crippen LogP contribution in [0.25, 0.3) is 11.0 Å². The number of aromatic nitrogens is 3. The number of hydrogen-bond donors (Lipinski definition) is 2. The van der Waals surface area contributed by atoms with E-state index in [4.69, 9.17) is 9.84 Å². The Morgan fingerprint density at radius 1 is 1.57 bits per heavy atom. The van der Waals surface area contributed by atoms with E-state index < -0.39 is 6.09 Å². The molecule has 9 nitrogen and oxygen atoms in total. The average molecular weight is 294 g/mol. The van der Waals surface area contributed by atoms with Gasteiger partial charge in [0, 0.05) is 6.42 Å². The predicted molar refractivity (Wildman–Crippen MR) is 72.8 cm³/mol. The summed E-state index contributed by atoms with van der Waals surface area (Å²) in [5.41, 5.74) is 0.291. The van der Waals surface area contributed by atoms with Gasteiger partial charge in [-0.15, -0.1) is 0 Å². The first-order valence-electron chi connectivity index (χ1n) is 6.28. The van der Waals surface area contributed by atoms with E-state index in [-0.39, 0.29) is 30.0 Å². The molecule has 0 atom stereocenters. The molecule has 0 saturated heterocycles. The van der Waals surface area contributed by atoms with Crippen molar-refractivity contribution in [1.29, 1.82) is 0 Å². The molecule has 0 spiro atoms. The molecule has 21 heavy (non-hydrogen) atoms. The molecular weight excluding hydrogens is 280 g/mol. The fourth-order valence-electron chi connectivity index (χ4n) is 1.80. The maximum atomic E-state index is 11.9. The lowest BCUT2D eigenvalue weighted by Gasteiger charge is -2.14. The zero-order valence-electron chi connectivity index (χ0n) is 11.3. The fraction of sp³-hybridized carbons (Fsp3) is 0.333. The van der Waals surface area contributed by atoms with Crippen LogP contribution in [0.1, 0.15) is 12.7 Å². The van der Waals surface area contributed by atoms with Gasteiger partial charge in [0.25, 0.3) is 0 Å². The summed E-state index contributed by atoms with van der Waals surface area (Å²) in [7, 11) is 0. The average Bonchev–Trinajstić information content (AvgIpc) is 2.47. The number of ether oxygens (including phenoxy) is 1. The van der Waals surface area contributed by atoms with Gasteiger partial charge in [-0.3, -0.25) is 0 Å². The number of benzene rings is 1. The van der Waals surface area contributed by atoms with Gasteiger partial charge in [0.05, 0.1) is 22.6 Å². The van der Waals surface area contributed by atoms with Crippen LogP contribution in [0, 0.1) is 10.1 Å². The summed E-state index contributed by atoms with van der Waals surface area (Å²) in [5.74, 6) is 0.488. The lowest BCUT2D eigenvalue weighted by atomic mass is 10.3. The van der Waals surface area contributed by atoms with Crippen LogP contribution in [0.4, 0.5) is 4.79 Å². The number of nitrogens with one attached hydrogen (secondary N) is 1. The Bertz CT molecular complexity index is 727. The third-order valence-electron chi connectivity index (χ3n) is 2.78. The Labute approximate surface area is 118 Å². The summed E-state index contributed by atoms with van der Waals surface area (Å²) >= 11 is 0. The van der Waals surface area contributed by atoms with E-state index >= 15 is 0 Å². The van der Waals surface area contributed by atoms with Crippen LogP contribution >= 0.6 is 0 Å². The van der Waals surface area contributed by atoms with E-state index in [0.717, 1.165) is 0 Å². The van der Waals surface area contributed by atoms with Crippen molar-refractivity contribution in [3.05, 3.63) is 34.1 Å². The lowest BCUT2D eigenvalue weighted by molar-refractivity contribution is -0.538. The van der Waals surface area contributed by atoms with Crippen molar-refractivity contribution in [2.24, 2.45) is 0 Å². The van der Waals surface area contributed by atoms with Gasteiger partial charge < -0.3 is 25.1 Å². The molecule has 1 aromatic carbocycles. The highest BCUT2D eigenvalue weighted by Gasteiger charge is 2.14. The molecule has 2 N–H and O–H groups in total. The van der Waals surface area contributed by atoms with E-state index in [1.165, 1.54) is 18.2 Å². The van der Waals surface area contributed by atoms with Gasteiger partial charge in [-0.2, -0.15) is 0 Å². The van der Waals surface area contributed by atoms with Crippen molar-refractivity contribution in [3.63, 3.8) is 0 Å². The number of hydrogen-bond acceptors (Lipinski definition) is 5. The second-order valence-electron chi connectivity index (χ2n) is 4.17. The van der Waals surface area contributed by atoms with Crippen LogP contribution in [0.15, 0.2) is 18.2 Å². The maximum Gasteiger partial charge on any atom is 0.404 e. The smallest absolute Gasteiger partial charge is 0.404 e. The summed E-state index contributed by atoms with van der Waals surface area (Å²) in [6.07, 6.45) is -0.793. The Balaban J connectivity index is 2.24. The van der Waals surface area contributed by atoms with Crippen LogP contribution in [-0.4, -0.2) is 34.2 Å². The Morgan fingerprint density at radius 2 is 2.33 bits per heavy atom. The van der Waals surface area contributed by atoms with Gasteiger partial charge in [-0.1, -0.05) is 6.92 Å². The van der Waals surface area contributed by atoms with Gasteiger partial charge in [0.15, 0.2) is 10.4 Å². The standard InChI is InChI=1S/C12H14N4O5/c1-2-11-14-16(20)10-7-8(3-4-9(10)15(11)19)21-6-5-13-12(17)18/h3-4,7,13H,2,5-6H2,1H3,(H,17,18). The van der Waals surface area contributed by atoms with E-state index in [9.17, 15) is 14.9 Å². The zero-order valence-corrected chi connectivity index (χ0v) is 11.3. The van der Waals surface area contributed by atoms with E-state index in [2.05, 4.69) is 10.4 Å². The van der Waals surface area contributed by atoms with Gasteiger partial charge in [-0.05, 0) is 12.1 Å². The Hall–Kier alpha value is -2.84. The fourth-order valence-corrected chi connectivity index (χ4v) is 1.80. The van der Waals surface area contributed by atoms with Gasteiger partial charge in [-0.25, -0.2) is 4.79 Å². The highest BCUT2D eigenvalue weighted by atomic mass is 16.5. The maximum absolute atomic E-state index is 11.9. The summed E-state index contributed by atoms with van der Waals surface area (Å²) < 4.78 is 6.29. The summed E-state index contributed by atoms with van der Waals surface area (Å²) in [5, 5.41) is 26.1. The number of fused-ring (bicyclic) bond motifs is 1. The second-order valence-corrected chi connectivity index (χ2v) is 4.17. The molecule has 0 aliphatic rings. The van der Waals surface area contributed by atoms with Crippen molar-refractivity contribution in [2.75, 3.05) is 13.2 Å². The molecule has 1 heterocycles. The minimum Gasteiger partial charge on any atom is -0.804 e. The normalized spacial score (nSPS) is 10.5. The SMILES string of the molecule is CCc1n[n+](=O)c2cc(OCCNC(=O)O)ccc2n1[O-]. The first kappa shape index (κ1) is 14.6. The van der Waals surface area contributed by atoms with Crippen LogP contribution in [0.5, 0.6) is 5.75 Å². The molecule has 1 amide bonds. The summed E-state index contributed by atoms with van der Waals surface area (Å²) in [6.45, 7) is 1.95. The van der Waals surface area contributed by atoms with E-state index in [1.807, 2.05) is 0 Å². The van der Waals surface area contributed by atoms with Crippen molar-refractivity contribution in [1.82, 2.24) is 15.1 Å². The molecule has 2 rings (SSSR count). The highest BCUT2D eigenvalue weighted by molar-refractivity contribution is 5.73. The molecular formula is C12H14N4O5. The number of amides is 1. The second kappa shape index (κ2) is 6.07. The van der Waals surface area contributed by atoms with Crippen molar-refractivity contribution in [3.8, 4) is 5.75 Å². The van der Waals surface area contributed by atoms with Crippen molar-refractivity contribution < 1.29 is 19.2 Å². The molecule has 1 aromatic heterocycles. The van der Waals surface area contributed by atoms with Crippen LogP contribution in [-0.2, 0) is 6.42 Å². The van der Waals surface area contributed by atoms with Gasteiger partial charge >= 0.3 is 11.6 Å². The van der Waals surface area contributed by atoms with Crippen LogP contribution in [0.2, 0.25) is 0 Å². The molecule has 112 valence electrons. The molecule has 0 radical (unpaired) electrons. The van der Waals surface area contributed by atoms with Gasteiger partial charge in [0.1, 0.15) is 17.9 Å². The number of carbonyl (C=O) groups is 1. The summed E-state index contributed by atoms with van der Waals surface area (Å²) in [6, 6.07) is 4.40. The van der Waals surface area contributed by atoms with Crippen molar-refractivity contribution >= 4 is 17.1 Å². The first-order chi connectivity index (χ1) is 10.0. The summed E-state index contributed by atoms with van der Waals surface area (Å²) in [4.78, 5) is 22.1. The largest absolute Gasteiger partial charge is 0.804 e. The first-order valence-corrected chi connectivity index (χ1v) is 6.28. The number of aryl methyl sites for hydroxylation is 1. The molecule has 0 aliphatic carbocycles. The molecule has 0 unspecified atom stereocenters. The van der Waals surface area contributed by atoms with E-state index in [1.54, 1.807) is 6.92 Å². The molecule has 2 aromatic rings. The minimum atomic E-state index is -1.14. The minimum absolute atomic E-state index is 0.0888. The van der Waals surface area contributed by atoms with Crippen LogP contribution < -0.4 is 14.6 Å². The molecule has 0 aliphatic heterocycles. The third kappa shape index (κ3) is 3.19. The quantitative estimate of drug-likeness (QED) is 0.611. The third-order valence-corrected chi connectivity index (χ3v) is 2.78. The topological polar surface area (TPSA) is 122 Å². The number of nitrogens with zero attached hydrogens (tertiary/aromatic N) is 3. The van der Waals surface area contributed by atoms with Crippen LogP contribution in [0.3, 0.4) is 0 Å². The van der Waals surface area contributed by atoms with E-state index in [0.29, 0.717) is 21.4 Å². The molecule has 9 heteroatoms. The number of rotatable bonds is 5. The predicted octanol–water partition coefficient (Wildman–Crippen LogP) is 0.506. The lowest BCUT2D eigenvalue weighted by Crippen LogP contribution is -2.27. The Kier molecular flexibility index (Phi) is 4.21. The molecule has 0 bridgehead atoms. The van der Waals surface area contributed by atoms with Gasteiger partial charge in [0.2, 0.25) is 0 Å². The zero-order chi connectivity index (χ0) is 15.4. The molecule has 0 fully saturated rings. The Morgan fingerprint density at radius 3 is 3.00 bits per heavy atom. The highest BCUT2D eigenvalue weighted by Crippen LogP contribution is 2.18.